The first-order valence-electron chi connectivity index (χ1n) is 8.19. The SMILES string of the molecule is C#Cc1cccc(C(=O)O)c1-n1ccc2ccccc21.c1cc2cc-2c1. The standard InChI is InChI=1S/C17H11NO2.C6H4/c1-2-12-7-5-8-14(17(19)20)16(12)18-11-10-13-6-3-4-9-15(13)18;1-2-5-4-6(5)3-1/h1,3-11H,(H,19,20);1-4H. The largest absolute Gasteiger partial charge is 0.478 e. The van der Waals surface area contributed by atoms with E-state index in [9.17, 15) is 9.90 Å². The summed E-state index contributed by atoms with van der Waals surface area (Å²) in [6, 6.07) is 23.2. The zero-order valence-corrected chi connectivity index (χ0v) is 13.9. The third-order valence-corrected chi connectivity index (χ3v) is 4.37. The summed E-state index contributed by atoms with van der Waals surface area (Å²) in [6.45, 7) is 0. The summed E-state index contributed by atoms with van der Waals surface area (Å²) >= 11 is 0. The molecule has 0 saturated carbocycles. The molecule has 5 rings (SSSR count). The second-order valence-electron chi connectivity index (χ2n) is 5.98. The lowest BCUT2D eigenvalue weighted by molar-refractivity contribution is 0.0697. The highest BCUT2D eigenvalue weighted by atomic mass is 16.4. The molecule has 2 aromatic carbocycles. The maximum Gasteiger partial charge on any atom is 0.337 e. The number of rotatable bonds is 2. The molecule has 0 saturated heterocycles. The van der Waals surface area contributed by atoms with Crippen LogP contribution < -0.4 is 0 Å². The van der Waals surface area contributed by atoms with Gasteiger partial charge < -0.3 is 9.67 Å². The highest BCUT2D eigenvalue weighted by Crippen LogP contribution is 2.32. The molecule has 124 valence electrons. The molecule has 0 bridgehead atoms. The van der Waals surface area contributed by atoms with Crippen molar-refractivity contribution in [1.29, 1.82) is 0 Å². The van der Waals surface area contributed by atoms with Crippen LogP contribution in [0.25, 0.3) is 27.7 Å². The number of terminal acetylenes is 1. The number of fused-ring (bicyclic) bond motifs is 2. The fourth-order valence-corrected chi connectivity index (χ4v) is 3.05. The van der Waals surface area contributed by atoms with Gasteiger partial charge in [-0.3, -0.25) is 0 Å². The van der Waals surface area contributed by atoms with E-state index in [1.165, 1.54) is 11.1 Å². The van der Waals surface area contributed by atoms with Gasteiger partial charge in [0.1, 0.15) is 0 Å². The van der Waals surface area contributed by atoms with Gasteiger partial charge in [-0.15, -0.1) is 6.42 Å². The summed E-state index contributed by atoms with van der Waals surface area (Å²) in [6.07, 6.45) is 7.35. The molecule has 0 fully saturated rings. The number of aromatic nitrogens is 1. The minimum atomic E-state index is -0.991. The number of carboxylic acids is 1. The van der Waals surface area contributed by atoms with E-state index in [-0.39, 0.29) is 5.56 Å². The first-order valence-corrected chi connectivity index (χ1v) is 8.19. The molecule has 2 aliphatic rings. The normalized spacial score (nSPS) is 10.6. The van der Waals surface area contributed by atoms with E-state index in [0.29, 0.717) is 11.3 Å². The highest BCUT2D eigenvalue weighted by molar-refractivity contribution is 5.95. The molecular weight excluding hydrogens is 322 g/mol. The molecule has 0 spiro atoms. The van der Waals surface area contributed by atoms with Crippen molar-refractivity contribution in [2.45, 2.75) is 0 Å². The molecule has 26 heavy (non-hydrogen) atoms. The first kappa shape index (κ1) is 15.7. The number of benzene rings is 3. The van der Waals surface area contributed by atoms with Crippen molar-refractivity contribution in [2.75, 3.05) is 0 Å². The smallest absolute Gasteiger partial charge is 0.337 e. The maximum atomic E-state index is 11.4. The molecule has 0 radical (unpaired) electrons. The van der Waals surface area contributed by atoms with E-state index in [0.717, 1.165) is 10.9 Å². The third kappa shape index (κ3) is 2.74. The minimum Gasteiger partial charge on any atom is -0.478 e. The van der Waals surface area contributed by atoms with Crippen LogP contribution in [0.2, 0.25) is 0 Å². The molecule has 0 amide bonds. The number of carbonyl (C=O) groups is 1. The van der Waals surface area contributed by atoms with Gasteiger partial charge >= 0.3 is 5.97 Å². The molecule has 3 aromatic rings. The summed E-state index contributed by atoms with van der Waals surface area (Å²) in [5.74, 6) is 1.57. The lowest BCUT2D eigenvalue weighted by Gasteiger charge is -2.11. The number of hydrogen-bond donors (Lipinski definition) is 1. The van der Waals surface area contributed by atoms with E-state index in [4.69, 9.17) is 6.42 Å². The van der Waals surface area contributed by atoms with E-state index in [2.05, 4.69) is 30.2 Å². The quantitative estimate of drug-likeness (QED) is 0.462. The Balaban J connectivity index is 0.000000233. The Labute approximate surface area is 151 Å². The number of aromatic carboxylic acids is 1. The van der Waals surface area contributed by atoms with Crippen LogP contribution >= 0.6 is 0 Å². The molecular formula is C23H15NO2. The molecule has 2 aliphatic carbocycles. The van der Waals surface area contributed by atoms with Crippen LogP contribution in [0, 0.1) is 12.3 Å². The van der Waals surface area contributed by atoms with Gasteiger partial charge in [0, 0.05) is 11.8 Å². The van der Waals surface area contributed by atoms with Gasteiger partial charge in [-0.25, -0.2) is 4.79 Å². The average molecular weight is 337 g/mol. The van der Waals surface area contributed by atoms with Crippen LogP contribution in [0.4, 0.5) is 0 Å². The maximum absolute atomic E-state index is 11.4. The van der Waals surface area contributed by atoms with Crippen molar-refractivity contribution in [3.05, 3.63) is 90.1 Å². The summed E-state index contributed by atoms with van der Waals surface area (Å²) in [7, 11) is 0. The zero-order valence-electron chi connectivity index (χ0n) is 13.9. The summed E-state index contributed by atoms with van der Waals surface area (Å²) in [5.41, 5.74) is 5.07. The Bertz CT molecular complexity index is 1160. The van der Waals surface area contributed by atoms with Crippen LogP contribution in [0.1, 0.15) is 15.9 Å². The summed E-state index contributed by atoms with van der Waals surface area (Å²) in [4.78, 5) is 11.4. The van der Waals surface area contributed by atoms with Crippen molar-refractivity contribution in [1.82, 2.24) is 4.57 Å². The predicted octanol–water partition coefficient (Wildman–Crippen LogP) is 4.98. The number of hydrogen-bond acceptors (Lipinski definition) is 1. The van der Waals surface area contributed by atoms with Crippen molar-refractivity contribution >= 4 is 16.9 Å². The van der Waals surface area contributed by atoms with E-state index in [1.807, 2.05) is 41.1 Å². The van der Waals surface area contributed by atoms with E-state index < -0.39 is 5.97 Å². The van der Waals surface area contributed by atoms with Crippen molar-refractivity contribution in [3.8, 4) is 29.2 Å². The van der Waals surface area contributed by atoms with Crippen molar-refractivity contribution < 1.29 is 9.90 Å². The predicted molar refractivity (Wildman–Crippen MR) is 104 cm³/mol. The van der Waals surface area contributed by atoms with Gasteiger partial charge in [-0.2, -0.15) is 0 Å². The Morgan fingerprint density at radius 3 is 2.27 bits per heavy atom. The number of para-hydroxylation sites is 2. The van der Waals surface area contributed by atoms with Crippen molar-refractivity contribution in [3.63, 3.8) is 0 Å². The van der Waals surface area contributed by atoms with E-state index in [1.54, 1.807) is 18.2 Å². The molecule has 1 aromatic heterocycles. The lowest BCUT2D eigenvalue weighted by Crippen LogP contribution is -2.06. The Kier molecular flexibility index (Phi) is 3.79. The molecule has 1 N–H and O–H groups in total. The molecule has 1 heterocycles. The summed E-state index contributed by atoms with van der Waals surface area (Å²) in [5, 5.41) is 10.4. The Morgan fingerprint density at radius 1 is 0.923 bits per heavy atom. The second-order valence-corrected chi connectivity index (χ2v) is 5.98. The van der Waals surface area contributed by atoms with Crippen LogP contribution in [0.3, 0.4) is 0 Å². The first-order chi connectivity index (χ1) is 12.7. The van der Waals surface area contributed by atoms with Crippen LogP contribution in [0.15, 0.2) is 79.0 Å². The van der Waals surface area contributed by atoms with Crippen molar-refractivity contribution in [2.24, 2.45) is 0 Å². The van der Waals surface area contributed by atoms with Gasteiger partial charge in [0.2, 0.25) is 0 Å². The highest BCUT2D eigenvalue weighted by Gasteiger charge is 2.16. The fourth-order valence-electron chi connectivity index (χ4n) is 3.05. The number of carboxylic acid groups (broad SMARTS) is 1. The van der Waals surface area contributed by atoms with Gasteiger partial charge in [0.15, 0.2) is 0 Å². The Morgan fingerprint density at radius 2 is 1.65 bits per heavy atom. The topological polar surface area (TPSA) is 42.2 Å². The Hall–Kier alpha value is -3.77. The zero-order chi connectivity index (χ0) is 18.1. The molecule has 0 atom stereocenters. The molecule has 0 unspecified atom stereocenters. The van der Waals surface area contributed by atoms with Crippen LogP contribution in [-0.2, 0) is 0 Å². The molecule has 0 aliphatic heterocycles. The van der Waals surface area contributed by atoms with Gasteiger partial charge in [0.05, 0.1) is 16.8 Å². The lowest BCUT2D eigenvalue weighted by atomic mass is 10.1. The monoisotopic (exact) mass is 337 g/mol. The minimum absolute atomic E-state index is 0.196. The van der Waals surface area contributed by atoms with Gasteiger partial charge in [-0.05, 0) is 46.8 Å². The van der Waals surface area contributed by atoms with E-state index >= 15 is 0 Å². The molecule has 3 nitrogen and oxygen atoms in total. The third-order valence-electron chi connectivity index (χ3n) is 4.37. The van der Waals surface area contributed by atoms with Crippen LogP contribution in [-0.4, -0.2) is 15.6 Å². The van der Waals surface area contributed by atoms with Crippen LogP contribution in [0.5, 0.6) is 0 Å². The van der Waals surface area contributed by atoms with Gasteiger partial charge in [-0.1, -0.05) is 48.4 Å². The average Bonchev–Trinajstić information content (AvgIpc) is 3.07. The fraction of sp³-hybridized carbons (Fsp3) is 0. The van der Waals surface area contributed by atoms with Gasteiger partial charge in [0.25, 0.3) is 0 Å². The number of nitrogens with zero attached hydrogens (tertiary/aromatic N) is 1. The molecule has 3 heteroatoms. The second kappa shape index (κ2) is 6.27. The summed E-state index contributed by atoms with van der Waals surface area (Å²) < 4.78 is 1.83.